The van der Waals surface area contributed by atoms with Crippen LogP contribution in [0.5, 0.6) is 17.2 Å². The lowest BCUT2D eigenvalue weighted by atomic mass is 10.0. The molecule has 0 fully saturated rings. The molecule has 0 aliphatic rings. The van der Waals surface area contributed by atoms with Gasteiger partial charge in [0.05, 0.1) is 7.11 Å². The van der Waals surface area contributed by atoms with Crippen LogP contribution in [0.15, 0.2) is 97.1 Å². The number of carbonyl (C=O) groups is 3. The molecule has 11 heteroatoms. The van der Waals surface area contributed by atoms with Gasteiger partial charge in [0.1, 0.15) is 30.3 Å². The molecule has 4 aromatic carbocycles. The highest BCUT2D eigenvalue weighted by molar-refractivity contribution is 5.95. The van der Waals surface area contributed by atoms with Crippen LogP contribution in [0.2, 0.25) is 0 Å². The third-order valence-corrected chi connectivity index (χ3v) is 6.77. The molecule has 2 atom stereocenters. The minimum atomic E-state index is -1.27. The molecular formula is C34H34N4O7. The van der Waals surface area contributed by atoms with Gasteiger partial charge in [-0.25, -0.2) is 4.79 Å². The number of carbonyl (C=O) groups excluding carboxylic acids is 2. The summed E-state index contributed by atoms with van der Waals surface area (Å²) in [5.41, 5.74) is 8.70. The molecule has 0 unspecified atom stereocenters. The Hall–Kier alpha value is -5.84. The molecule has 0 spiro atoms. The van der Waals surface area contributed by atoms with E-state index in [4.69, 9.17) is 25.4 Å². The third kappa shape index (κ3) is 9.07. The normalized spacial score (nSPS) is 11.9. The first-order valence-corrected chi connectivity index (χ1v) is 14.0. The minimum absolute atomic E-state index is 0.0168. The number of carboxylic acids is 1. The SMILES string of the molecule is COc1cc([C@H](Nc2ccc(C(=N)N)cc2)C(=O)N[C@@H](Cc2ccc(OC(C)=O)cc2)C(=O)O)ccc1OCc1ccccc1. The molecule has 0 saturated carbocycles. The molecule has 0 heterocycles. The second-order valence-corrected chi connectivity index (χ2v) is 10.1. The number of esters is 1. The summed E-state index contributed by atoms with van der Waals surface area (Å²) in [7, 11) is 1.49. The van der Waals surface area contributed by atoms with Gasteiger partial charge in [-0.3, -0.25) is 15.0 Å². The summed E-state index contributed by atoms with van der Waals surface area (Å²) in [5, 5.41) is 23.4. The molecule has 0 aromatic heterocycles. The molecule has 0 radical (unpaired) electrons. The number of rotatable bonds is 14. The van der Waals surface area contributed by atoms with Crippen molar-refractivity contribution in [2.75, 3.05) is 12.4 Å². The van der Waals surface area contributed by atoms with E-state index in [2.05, 4.69) is 10.6 Å². The summed E-state index contributed by atoms with van der Waals surface area (Å²) in [6, 6.07) is 25.4. The van der Waals surface area contributed by atoms with Gasteiger partial charge in [-0.15, -0.1) is 0 Å². The zero-order chi connectivity index (χ0) is 32.3. The number of nitrogens with one attached hydrogen (secondary N) is 3. The lowest BCUT2D eigenvalue weighted by Crippen LogP contribution is -2.45. The van der Waals surface area contributed by atoms with Crippen molar-refractivity contribution in [1.29, 1.82) is 5.41 Å². The summed E-state index contributed by atoms with van der Waals surface area (Å²) < 4.78 is 16.6. The smallest absolute Gasteiger partial charge is 0.326 e. The molecule has 6 N–H and O–H groups in total. The van der Waals surface area contributed by atoms with Gasteiger partial charge in [0, 0.05) is 24.6 Å². The Morgan fingerprint density at radius 3 is 2.18 bits per heavy atom. The molecule has 0 saturated heterocycles. The van der Waals surface area contributed by atoms with Gasteiger partial charge in [0.2, 0.25) is 5.91 Å². The standard InChI is InChI=1S/C34H34N4O7/c1-21(39)45-27-15-8-22(9-16-27)18-28(34(41)42)38-33(40)31(37-26-13-10-24(11-14-26)32(35)36)25-12-17-29(30(19-25)43-2)44-20-23-6-4-3-5-7-23/h3-17,19,28,31,37H,18,20H2,1-2H3,(H3,35,36)(H,38,40)(H,41,42)/t28-,31-/m0/s1. The molecular weight excluding hydrogens is 576 g/mol. The Balaban J connectivity index is 1.59. The predicted molar refractivity (Wildman–Crippen MR) is 169 cm³/mol. The number of aliphatic carboxylic acids is 1. The number of nitrogens with two attached hydrogens (primary N) is 1. The first kappa shape index (κ1) is 32.1. The maximum Gasteiger partial charge on any atom is 0.326 e. The summed E-state index contributed by atoms with van der Waals surface area (Å²) in [4.78, 5) is 37.2. The fourth-order valence-corrected chi connectivity index (χ4v) is 4.48. The van der Waals surface area contributed by atoms with E-state index in [0.717, 1.165) is 5.56 Å². The van der Waals surface area contributed by atoms with Crippen molar-refractivity contribution >= 4 is 29.4 Å². The summed E-state index contributed by atoms with van der Waals surface area (Å²) in [6.45, 7) is 1.59. The van der Waals surface area contributed by atoms with Crippen LogP contribution < -0.4 is 30.6 Å². The lowest BCUT2D eigenvalue weighted by molar-refractivity contribution is -0.141. The number of nitrogen functional groups attached to an aromatic ring is 1. The molecule has 0 bridgehead atoms. The molecule has 45 heavy (non-hydrogen) atoms. The van der Waals surface area contributed by atoms with Gasteiger partial charge < -0.3 is 35.7 Å². The van der Waals surface area contributed by atoms with Crippen LogP contribution in [0.3, 0.4) is 0 Å². The second kappa shape index (κ2) is 15.1. The van der Waals surface area contributed by atoms with Crippen molar-refractivity contribution < 1.29 is 33.7 Å². The minimum Gasteiger partial charge on any atom is -0.493 e. The van der Waals surface area contributed by atoms with Crippen molar-refractivity contribution in [3.63, 3.8) is 0 Å². The van der Waals surface area contributed by atoms with Crippen molar-refractivity contribution in [3.8, 4) is 17.2 Å². The Morgan fingerprint density at radius 1 is 0.889 bits per heavy atom. The fourth-order valence-electron chi connectivity index (χ4n) is 4.48. The van der Waals surface area contributed by atoms with Crippen molar-refractivity contribution in [2.24, 2.45) is 5.73 Å². The maximum absolute atomic E-state index is 13.8. The zero-order valence-corrected chi connectivity index (χ0v) is 24.8. The monoisotopic (exact) mass is 610 g/mol. The average Bonchev–Trinajstić information content (AvgIpc) is 3.03. The van der Waals surface area contributed by atoms with Gasteiger partial charge in [-0.05, 0) is 65.2 Å². The Morgan fingerprint density at radius 2 is 1.58 bits per heavy atom. The van der Waals surface area contributed by atoms with Crippen LogP contribution in [0.25, 0.3) is 0 Å². The van der Waals surface area contributed by atoms with Crippen LogP contribution in [0, 0.1) is 5.41 Å². The second-order valence-electron chi connectivity index (χ2n) is 10.1. The van der Waals surface area contributed by atoms with E-state index in [1.165, 1.54) is 14.0 Å². The summed E-state index contributed by atoms with van der Waals surface area (Å²) in [6.07, 6.45) is -0.0168. The van der Waals surface area contributed by atoms with E-state index >= 15 is 0 Å². The van der Waals surface area contributed by atoms with Gasteiger partial charge in [0.25, 0.3) is 0 Å². The van der Waals surface area contributed by atoms with Gasteiger partial charge in [0.15, 0.2) is 11.5 Å². The Labute approximate surface area is 260 Å². The van der Waals surface area contributed by atoms with Crippen LogP contribution in [0.4, 0.5) is 5.69 Å². The van der Waals surface area contributed by atoms with Gasteiger partial charge in [-0.2, -0.15) is 0 Å². The lowest BCUT2D eigenvalue weighted by Gasteiger charge is -2.24. The summed E-state index contributed by atoms with van der Waals surface area (Å²) >= 11 is 0. The molecule has 232 valence electrons. The molecule has 4 aromatic rings. The van der Waals surface area contributed by atoms with Crippen LogP contribution in [-0.2, 0) is 27.4 Å². The largest absolute Gasteiger partial charge is 0.493 e. The van der Waals surface area contributed by atoms with Crippen LogP contribution in [0.1, 0.15) is 35.2 Å². The van der Waals surface area contributed by atoms with Crippen molar-refractivity contribution in [3.05, 3.63) is 119 Å². The molecule has 1 amide bonds. The third-order valence-electron chi connectivity index (χ3n) is 6.77. The Bertz CT molecular complexity index is 1640. The average molecular weight is 611 g/mol. The van der Waals surface area contributed by atoms with E-state index in [0.29, 0.717) is 46.2 Å². The van der Waals surface area contributed by atoms with E-state index in [1.54, 1.807) is 66.7 Å². The first-order chi connectivity index (χ1) is 21.6. The van der Waals surface area contributed by atoms with Crippen LogP contribution in [-0.4, -0.2) is 41.9 Å². The number of amidine groups is 1. The topological polar surface area (TPSA) is 173 Å². The van der Waals surface area contributed by atoms with Crippen LogP contribution >= 0.6 is 0 Å². The van der Waals surface area contributed by atoms with E-state index in [1.807, 2.05) is 30.3 Å². The number of carboxylic acid groups (broad SMARTS) is 1. The van der Waals surface area contributed by atoms with Gasteiger partial charge >= 0.3 is 11.9 Å². The number of hydrogen-bond donors (Lipinski definition) is 5. The fraction of sp³-hybridized carbons (Fsp3) is 0.176. The van der Waals surface area contributed by atoms with E-state index < -0.39 is 29.9 Å². The van der Waals surface area contributed by atoms with E-state index in [-0.39, 0.29) is 12.3 Å². The number of benzene rings is 4. The van der Waals surface area contributed by atoms with Crippen molar-refractivity contribution in [2.45, 2.75) is 32.0 Å². The Kier molecular flexibility index (Phi) is 10.7. The number of hydrogen-bond acceptors (Lipinski definition) is 8. The highest BCUT2D eigenvalue weighted by Gasteiger charge is 2.28. The highest BCUT2D eigenvalue weighted by atomic mass is 16.5. The summed E-state index contributed by atoms with van der Waals surface area (Å²) in [5.74, 6) is -1.22. The zero-order valence-electron chi connectivity index (χ0n) is 24.8. The quantitative estimate of drug-likeness (QED) is 0.0598. The molecule has 11 nitrogen and oxygen atoms in total. The number of amides is 1. The molecule has 0 aliphatic carbocycles. The molecule has 0 aliphatic heterocycles. The maximum atomic E-state index is 13.8. The predicted octanol–water partition coefficient (Wildman–Crippen LogP) is 4.45. The van der Waals surface area contributed by atoms with Gasteiger partial charge in [-0.1, -0.05) is 48.5 Å². The highest BCUT2D eigenvalue weighted by Crippen LogP contribution is 2.32. The number of methoxy groups -OCH3 is 1. The molecule has 4 rings (SSSR count). The number of ether oxygens (including phenoxy) is 3. The van der Waals surface area contributed by atoms with E-state index in [9.17, 15) is 19.5 Å². The number of anilines is 1. The van der Waals surface area contributed by atoms with Crippen molar-refractivity contribution in [1.82, 2.24) is 5.32 Å². The first-order valence-electron chi connectivity index (χ1n) is 14.0.